The Balaban J connectivity index is 0.000000491. The summed E-state index contributed by atoms with van der Waals surface area (Å²) < 4.78 is 5.66. The number of carbonyl (C=O) groups is 1. The van der Waals surface area contributed by atoms with Crippen molar-refractivity contribution in [3.63, 3.8) is 0 Å². The first kappa shape index (κ1) is 16.7. The summed E-state index contributed by atoms with van der Waals surface area (Å²) in [5.41, 5.74) is 2.48. The van der Waals surface area contributed by atoms with Crippen molar-refractivity contribution >= 4 is 6.41 Å². The van der Waals surface area contributed by atoms with Crippen LogP contribution in [0.1, 0.15) is 24.5 Å². The van der Waals surface area contributed by atoms with Gasteiger partial charge in [-0.1, -0.05) is 31.5 Å². The molecule has 0 aliphatic heterocycles. The van der Waals surface area contributed by atoms with Gasteiger partial charge in [0.1, 0.15) is 5.75 Å². The van der Waals surface area contributed by atoms with Crippen LogP contribution in [0.15, 0.2) is 42.6 Å². The number of nitrogens with zero attached hydrogens (tertiary/aromatic N) is 1. The van der Waals surface area contributed by atoms with Crippen LogP contribution in [0.25, 0.3) is 0 Å². The van der Waals surface area contributed by atoms with Crippen LogP contribution < -0.4 is 10.1 Å². The van der Waals surface area contributed by atoms with E-state index in [0.29, 0.717) is 12.3 Å². The number of nitrogens with one attached hydrogen (secondary N) is 1. The summed E-state index contributed by atoms with van der Waals surface area (Å²) in [5, 5.41) is 2.25. The highest BCUT2D eigenvalue weighted by Crippen LogP contribution is 2.20. The Kier molecular flexibility index (Phi) is 7.58. The molecule has 4 nitrogen and oxygen atoms in total. The molecule has 0 radical (unpaired) electrons. The van der Waals surface area contributed by atoms with Crippen LogP contribution in [0.5, 0.6) is 11.6 Å². The fraction of sp³-hybridized carbons (Fsp3) is 0.294. The number of rotatable bonds is 5. The fourth-order valence-corrected chi connectivity index (χ4v) is 1.65. The van der Waals surface area contributed by atoms with Gasteiger partial charge in [-0.2, -0.15) is 0 Å². The summed E-state index contributed by atoms with van der Waals surface area (Å²) >= 11 is 0. The second-order valence-electron chi connectivity index (χ2n) is 4.58. The van der Waals surface area contributed by atoms with Crippen molar-refractivity contribution < 1.29 is 9.53 Å². The molecule has 1 N–H and O–H groups in total. The molecule has 1 heterocycles. The molecule has 4 heteroatoms. The summed E-state index contributed by atoms with van der Waals surface area (Å²) in [7, 11) is 1.56. The van der Waals surface area contributed by atoms with E-state index in [4.69, 9.17) is 9.53 Å². The van der Waals surface area contributed by atoms with E-state index in [1.165, 1.54) is 12.0 Å². The van der Waals surface area contributed by atoms with Crippen molar-refractivity contribution in [1.29, 1.82) is 0 Å². The van der Waals surface area contributed by atoms with Crippen LogP contribution in [0.4, 0.5) is 0 Å². The van der Waals surface area contributed by atoms with Gasteiger partial charge in [0.05, 0.1) is 0 Å². The number of ether oxygens (including phenoxy) is 1. The Morgan fingerprint density at radius 2 is 1.86 bits per heavy atom. The minimum Gasteiger partial charge on any atom is -0.439 e. The molecule has 0 aliphatic rings. The largest absolute Gasteiger partial charge is 0.439 e. The number of carbonyl (C=O) groups excluding carboxylic acids is 1. The molecular weight excluding hydrogens is 264 g/mol. The van der Waals surface area contributed by atoms with E-state index in [2.05, 4.69) is 29.4 Å². The minimum atomic E-state index is 0.625. The normalized spacial score (nSPS) is 9.29. The van der Waals surface area contributed by atoms with Crippen LogP contribution in [-0.2, 0) is 11.2 Å². The number of pyridine rings is 1. The molecule has 0 aliphatic carbocycles. The van der Waals surface area contributed by atoms with E-state index >= 15 is 0 Å². The minimum absolute atomic E-state index is 0.625. The van der Waals surface area contributed by atoms with Gasteiger partial charge in [-0.3, -0.25) is 4.79 Å². The van der Waals surface area contributed by atoms with Crippen LogP contribution in [-0.4, -0.2) is 18.4 Å². The van der Waals surface area contributed by atoms with E-state index in [9.17, 15) is 0 Å². The van der Waals surface area contributed by atoms with Gasteiger partial charge < -0.3 is 10.1 Å². The fourth-order valence-electron chi connectivity index (χ4n) is 1.65. The topological polar surface area (TPSA) is 51.2 Å². The molecule has 0 unspecified atom stereocenters. The van der Waals surface area contributed by atoms with E-state index in [1.54, 1.807) is 13.2 Å². The molecule has 0 bridgehead atoms. The molecule has 21 heavy (non-hydrogen) atoms. The van der Waals surface area contributed by atoms with Gasteiger partial charge in [-0.05, 0) is 36.6 Å². The van der Waals surface area contributed by atoms with E-state index in [1.807, 2.05) is 31.2 Å². The summed E-state index contributed by atoms with van der Waals surface area (Å²) in [6, 6.07) is 12.1. The first-order valence-corrected chi connectivity index (χ1v) is 7.00. The highest BCUT2D eigenvalue weighted by atomic mass is 16.5. The van der Waals surface area contributed by atoms with Crippen molar-refractivity contribution in [2.75, 3.05) is 7.05 Å². The number of aryl methyl sites for hydroxylation is 2. The second-order valence-corrected chi connectivity index (χ2v) is 4.58. The molecule has 112 valence electrons. The molecule has 0 saturated carbocycles. The quantitative estimate of drug-likeness (QED) is 0.856. The average Bonchev–Trinajstić information content (AvgIpc) is 2.52. The Hall–Kier alpha value is -2.36. The molecule has 0 fully saturated rings. The maximum Gasteiger partial charge on any atom is 0.219 e. The van der Waals surface area contributed by atoms with Crippen molar-refractivity contribution in [2.24, 2.45) is 0 Å². The number of aromatic nitrogens is 1. The van der Waals surface area contributed by atoms with Crippen LogP contribution in [0, 0.1) is 6.92 Å². The Labute approximate surface area is 126 Å². The van der Waals surface area contributed by atoms with Gasteiger partial charge in [-0.15, -0.1) is 0 Å². The lowest BCUT2D eigenvalue weighted by Crippen LogP contribution is -1.98. The first-order valence-electron chi connectivity index (χ1n) is 7.00. The lowest BCUT2D eigenvalue weighted by atomic mass is 10.1. The molecule has 1 aromatic carbocycles. The highest BCUT2D eigenvalue weighted by molar-refractivity contribution is 5.44. The molecule has 0 saturated heterocycles. The predicted molar refractivity (Wildman–Crippen MR) is 84.6 cm³/mol. The first-order chi connectivity index (χ1) is 10.2. The smallest absolute Gasteiger partial charge is 0.219 e. The molecule has 1 aromatic heterocycles. The monoisotopic (exact) mass is 286 g/mol. The third kappa shape index (κ3) is 6.56. The Morgan fingerprint density at radius 3 is 2.33 bits per heavy atom. The SMILES string of the molecule is CCCc1ccc(Oc2ccc(C)cn2)cc1.CNC=O. The standard InChI is InChI=1S/C15H17NO.C2H5NO/c1-3-4-13-6-8-14(9-7-13)17-15-10-5-12(2)11-16-15;1-3-2-4/h5-11H,3-4H2,1-2H3;2H,1H3,(H,3,4). The third-order valence-electron chi connectivity index (χ3n) is 2.69. The lowest BCUT2D eigenvalue weighted by Gasteiger charge is -2.05. The number of amides is 1. The number of benzene rings is 1. The zero-order chi connectivity index (χ0) is 15.5. The van der Waals surface area contributed by atoms with Gasteiger partial charge in [0, 0.05) is 19.3 Å². The molecule has 2 aromatic rings. The Morgan fingerprint density at radius 1 is 1.19 bits per heavy atom. The van der Waals surface area contributed by atoms with Crippen molar-refractivity contribution in [1.82, 2.24) is 10.3 Å². The summed E-state index contributed by atoms with van der Waals surface area (Å²) in [4.78, 5) is 13.3. The second kappa shape index (κ2) is 9.53. The summed E-state index contributed by atoms with van der Waals surface area (Å²) in [5.74, 6) is 1.47. The van der Waals surface area contributed by atoms with E-state index in [-0.39, 0.29) is 0 Å². The zero-order valence-corrected chi connectivity index (χ0v) is 12.8. The van der Waals surface area contributed by atoms with Crippen molar-refractivity contribution in [2.45, 2.75) is 26.7 Å². The molecule has 2 rings (SSSR count). The van der Waals surface area contributed by atoms with Gasteiger partial charge in [0.15, 0.2) is 0 Å². The van der Waals surface area contributed by atoms with Gasteiger partial charge in [-0.25, -0.2) is 4.98 Å². The molecule has 1 amide bonds. The number of hydrogen-bond donors (Lipinski definition) is 1. The van der Waals surface area contributed by atoms with Gasteiger partial charge in [0.2, 0.25) is 12.3 Å². The van der Waals surface area contributed by atoms with Crippen molar-refractivity contribution in [3.8, 4) is 11.6 Å². The maximum absolute atomic E-state index is 9.06. The molecule has 0 spiro atoms. The van der Waals surface area contributed by atoms with Crippen molar-refractivity contribution in [3.05, 3.63) is 53.7 Å². The molecule has 0 atom stereocenters. The average molecular weight is 286 g/mol. The van der Waals surface area contributed by atoms with Gasteiger partial charge >= 0.3 is 0 Å². The van der Waals surface area contributed by atoms with Crippen LogP contribution in [0.3, 0.4) is 0 Å². The lowest BCUT2D eigenvalue weighted by molar-refractivity contribution is -0.109. The van der Waals surface area contributed by atoms with Gasteiger partial charge in [0.25, 0.3) is 0 Å². The number of hydrogen-bond acceptors (Lipinski definition) is 3. The highest BCUT2D eigenvalue weighted by Gasteiger charge is 1.98. The summed E-state index contributed by atoms with van der Waals surface area (Å²) in [6.45, 7) is 4.19. The summed E-state index contributed by atoms with van der Waals surface area (Å²) in [6.07, 6.45) is 4.71. The molecular formula is C17H22N2O2. The Bertz CT molecular complexity index is 521. The predicted octanol–water partition coefficient (Wildman–Crippen LogP) is 3.50. The third-order valence-corrected chi connectivity index (χ3v) is 2.69. The van der Waals surface area contributed by atoms with E-state index in [0.717, 1.165) is 17.7 Å². The zero-order valence-electron chi connectivity index (χ0n) is 12.8. The van der Waals surface area contributed by atoms with Crippen LogP contribution >= 0.6 is 0 Å². The van der Waals surface area contributed by atoms with E-state index < -0.39 is 0 Å². The maximum atomic E-state index is 9.06. The van der Waals surface area contributed by atoms with Crippen LogP contribution in [0.2, 0.25) is 0 Å².